The van der Waals surface area contributed by atoms with Gasteiger partial charge in [-0.1, -0.05) is 38.1 Å². The van der Waals surface area contributed by atoms with Gasteiger partial charge in [0.25, 0.3) is 5.91 Å². The Morgan fingerprint density at radius 1 is 1.11 bits per heavy atom. The van der Waals surface area contributed by atoms with E-state index < -0.39 is 17.7 Å². The number of nitrogens with zero attached hydrogens (tertiary/aromatic N) is 2. The van der Waals surface area contributed by atoms with E-state index in [1.165, 1.54) is 4.90 Å². The van der Waals surface area contributed by atoms with Gasteiger partial charge >= 0.3 is 0 Å². The van der Waals surface area contributed by atoms with Gasteiger partial charge in [-0.25, -0.2) is 0 Å². The standard InChI is InChI=1S/C23H26N2O3/c1-14(2)21(26)19-20(16-9-11-17(12-10-16)24(4)5)25(23(28)22(19)27)18-8-6-7-15(3)13-18/h6-14,20,27H,1-5H3. The molecule has 1 unspecified atom stereocenters. The van der Waals surface area contributed by atoms with Crippen molar-refractivity contribution in [3.8, 4) is 0 Å². The highest BCUT2D eigenvalue weighted by molar-refractivity contribution is 6.16. The number of hydrogen-bond acceptors (Lipinski definition) is 4. The molecule has 28 heavy (non-hydrogen) atoms. The lowest BCUT2D eigenvalue weighted by Gasteiger charge is -2.28. The van der Waals surface area contributed by atoms with Crippen molar-refractivity contribution in [2.75, 3.05) is 23.9 Å². The van der Waals surface area contributed by atoms with Crippen molar-refractivity contribution in [2.24, 2.45) is 5.92 Å². The Kier molecular flexibility index (Phi) is 5.27. The molecule has 5 nitrogen and oxygen atoms in total. The number of aliphatic hydroxyl groups is 1. The van der Waals surface area contributed by atoms with Crippen LogP contribution in [-0.2, 0) is 9.59 Å². The maximum atomic E-state index is 13.0. The van der Waals surface area contributed by atoms with E-state index in [1.54, 1.807) is 13.8 Å². The van der Waals surface area contributed by atoms with Crippen LogP contribution in [0.4, 0.5) is 11.4 Å². The molecule has 0 saturated heterocycles. The van der Waals surface area contributed by atoms with Crippen LogP contribution in [0.25, 0.3) is 0 Å². The molecular formula is C23H26N2O3. The molecule has 2 aromatic rings. The Morgan fingerprint density at radius 3 is 2.29 bits per heavy atom. The summed E-state index contributed by atoms with van der Waals surface area (Å²) >= 11 is 0. The second-order valence-corrected chi connectivity index (χ2v) is 7.68. The van der Waals surface area contributed by atoms with Crippen LogP contribution in [0, 0.1) is 12.8 Å². The number of carbonyl (C=O) groups excluding carboxylic acids is 2. The topological polar surface area (TPSA) is 60.9 Å². The molecule has 0 saturated carbocycles. The average molecular weight is 378 g/mol. The Labute approximate surface area is 165 Å². The highest BCUT2D eigenvalue weighted by Gasteiger charge is 2.44. The molecule has 1 aliphatic heterocycles. The number of rotatable bonds is 5. The Hall–Kier alpha value is -3.08. The number of carbonyl (C=O) groups is 2. The summed E-state index contributed by atoms with van der Waals surface area (Å²) in [7, 11) is 3.90. The molecule has 0 fully saturated rings. The van der Waals surface area contributed by atoms with E-state index in [-0.39, 0.29) is 17.3 Å². The molecule has 146 valence electrons. The fourth-order valence-electron chi connectivity index (χ4n) is 3.48. The fourth-order valence-corrected chi connectivity index (χ4v) is 3.48. The summed E-state index contributed by atoms with van der Waals surface area (Å²) in [5.41, 5.74) is 3.62. The first-order chi connectivity index (χ1) is 13.2. The van der Waals surface area contributed by atoms with Crippen LogP contribution in [0.5, 0.6) is 0 Å². The zero-order valence-corrected chi connectivity index (χ0v) is 16.9. The van der Waals surface area contributed by atoms with Crippen LogP contribution in [0.2, 0.25) is 0 Å². The molecule has 1 atom stereocenters. The van der Waals surface area contributed by atoms with Crippen molar-refractivity contribution in [1.29, 1.82) is 0 Å². The Balaban J connectivity index is 2.17. The maximum Gasteiger partial charge on any atom is 0.294 e. The number of amides is 1. The number of ketones is 1. The highest BCUT2D eigenvalue weighted by Crippen LogP contribution is 2.42. The smallest absolute Gasteiger partial charge is 0.294 e. The first-order valence-corrected chi connectivity index (χ1v) is 9.37. The van der Waals surface area contributed by atoms with Gasteiger partial charge < -0.3 is 10.0 Å². The molecule has 0 radical (unpaired) electrons. The molecule has 0 spiro atoms. The molecule has 3 rings (SSSR count). The molecule has 1 N–H and O–H groups in total. The number of benzene rings is 2. The van der Waals surface area contributed by atoms with Gasteiger partial charge in [0, 0.05) is 31.4 Å². The van der Waals surface area contributed by atoms with Crippen molar-refractivity contribution in [2.45, 2.75) is 26.8 Å². The van der Waals surface area contributed by atoms with Gasteiger partial charge in [-0.05, 0) is 42.3 Å². The molecule has 2 aromatic carbocycles. The zero-order chi connectivity index (χ0) is 20.6. The van der Waals surface area contributed by atoms with Gasteiger partial charge in [-0.3, -0.25) is 14.5 Å². The van der Waals surface area contributed by atoms with Crippen molar-refractivity contribution >= 4 is 23.1 Å². The molecule has 1 amide bonds. The van der Waals surface area contributed by atoms with Crippen LogP contribution >= 0.6 is 0 Å². The normalized spacial score (nSPS) is 16.9. The van der Waals surface area contributed by atoms with Gasteiger partial charge in [0.05, 0.1) is 11.6 Å². The van der Waals surface area contributed by atoms with Crippen molar-refractivity contribution in [3.63, 3.8) is 0 Å². The number of hydrogen-bond donors (Lipinski definition) is 1. The third-order valence-corrected chi connectivity index (χ3v) is 5.00. The van der Waals surface area contributed by atoms with Gasteiger partial charge in [-0.2, -0.15) is 0 Å². The minimum atomic E-state index is -0.652. The van der Waals surface area contributed by atoms with Gasteiger partial charge in [0.2, 0.25) is 0 Å². The Bertz CT molecular complexity index is 943. The predicted molar refractivity (Wildman–Crippen MR) is 112 cm³/mol. The quantitative estimate of drug-likeness (QED) is 0.848. The number of aryl methyl sites for hydroxylation is 1. The van der Waals surface area contributed by atoms with E-state index in [4.69, 9.17) is 0 Å². The Morgan fingerprint density at radius 2 is 1.75 bits per heavy atom. The summed E-state index contributed by atoms with van der Waals surface area (Å²) in [6, 6.07) is 14.6. The second-order valence-electron chi connectivity index (χ2n) is 7.68. The molecular weight excluding hydrogens is 352 g/mol. The van der Waals surface area contributed by atoms with E-state index in [1.807, 2.05) is 74.4 Å². The first-order valence-electron chi connectivity index (χ1n) is 9.37. The average Bonchev–Trinajstić information content (AvgIpc) is 2.92. The van der Waals surface area contributed by atoms with E-state index in [9.17, 15) is 14.7 Å². The maximum absolute atomic E-state index is 13.0. The van der Waals surface area contributed by atoms with Crippen LogP contribution in [0.1, 0.15) is 31.0 Å². The number of aliphatic hydroxyl groups excluding tert-OH is 1. The largest absolute Gasteiger partial charge is 0.503 e. The molecule has 0 aliphatic carbocycles. The summed E-state index contributed by atoms with van der Waals surface area (Å²) < 4.78 is 0. The molecule has 5 heteroatoms. The predicted octanol–water partition coefficient (Wildman–Crippen LogP) is 4.19. The lowest BCUT2D eigenvalue weighted by Crippen LogP contribution is -2.31. The van der Waals surface area contributed by atoms with Crippen LogP contribution in [0.3, 0.4) is 0 Å². The van der Waals surface area contributed by atoms with Crippen molar-refractivity contribution < 1.29 is 14.7 Å². The van der Waals surface area contributed by atoms with Crippen LogP contribution in [-0.4, -0.2) is 30.9 Å². The lowest BCUT2D eigenvalue weighted by atomic mass is 9.91. The summed E-state index contributed by atoms with van der Waals surface area (Å²) in [4.78, 5) is 29.4. The zero-order valence-electron chi connectivity index (χ0n) is 16.9. The lowest BCUT2D eigenvalue weighted by molar-refractivity contribution is -0.119. The molecule has 0 aromatic heterocycles. The van der Waals surface area contributed by atoms with E-state index in [2.05, 4.69) is 0 Å². The SMILES string of the molecule is Cc1cccc(N2C(=O)C(O)=C(C(=O)C(C)C)C2c2ccc(N(C)C)cc2)c1. The second kappa shape index (κ2) is 7.50. The van der Waals surface area contributed by atoms with Crippen molar-refractivity contribution in [3.05, 3.63) is 71.0 Å². The van der Waals surface area contributed by atoms with Crippen LogP contribution in [0.15, 0.2) is 59.9 Å². The van der Waals surface area contributed by atoms with E-state index in [0.29, 0.717) is 5.69 Å². The summed E-state index contributed by atoms with van der Waals surface area (Å²) in [5.74, 6) is -1.55. The minimum Gasteiger partial charge on any atom is -0.503 e. The monoisotopic (exact) mass is 378 g/mol. The van der Waals surface area contributed by atoms with Gasteiger partial charge in [-0.15, -0.1) is 0 Å². The van der Waals surface area contributed by atoms with Gasteiger partial charge in [0.15, 0.2) is 11.5 Å². The van der Waals surface area contributed by atoms with E-state index >= 15 is 0 Å². The molecule has 1 heterocycles. The third-order valence-electron chi connectivity index (χ3n) is 5.00. The van der Waals surface area contributed by atoms with Crippen molar-refractivity contribution in [1.82, 2.24) is 0 Å². The van der Waals surface area contributed by atoms with E-state index in [0.717, 1.165) is 16.8 Å². The number of anilines is 2. The van der Waals surface area contributed by atoms with Gasteiger partial charge in [0.1, 0.15) is 0 Å². The minimum absolute atomic E-state index is 0.166. The first kappa shape index (κ1) is 19.7. The van der Waals surface area contributed by atoms with Crippen LogP contribution < -0.4 is 9.80 Å². The molecule has 0 bridgehead atoms. The third kappa shape index (κ3) is 3.40. The summed E-state index contributed by atoms with van der Waals surface area (Å²) in [6.45, 7) is 5.49. The summed E-state index contributed by atoms with van der Waals surface area (Å²) in [6.07, 6.45) is 0. The fraction of sp³-hybridized carbons (Fsp3) is 0.304. The highest BCUT2D eigenvalue weighted by atomic mass is 16.3. The molecule has 1 aliphatic rings. The number of Topliss-reactive ketones (excluding diaryl/α,β-unsaturated/α-hetero) is 1. The summed E-state index contributed by atoms with van der Waals surface area (Å²) in [5, 5.41) is 10.6.